The van der Waals surface area contributed by atoms with Gasteiger partial charge >= 0.3 is 0 Å². The Morgan fingerprint density at radius 3 is 2.97 bits per heavy atom. The molecule has 3 heterocycles. The number of amides is 1. The van der Waals surface area contributed by atoms with E-state index in [1.54, 1.807) is 0 Å². The summed E-state index contributed by atoms with van der Waals surface area (Å²) in [6, 6.07) is 12.3. The van der Waals surface area contributed by atoms with Crippen molar-refractivity contribution >= 4 is 28.4 Å². The van der Waals surface area contributed by atoms with E-state index in [1.165, 1.54) is 12.0 Å². The molecule has 5 heteroatoms. The maximum absolute atomic E-state index is 12.9. The normalized spacial score (nSPS) is 17.0. The van der Waals surface area contributed by atoms with Crippen LogP contribution in [0, 0.1) is 0 Å². The van der Waals surface area contributed by atoms with Crippen LogP contribution in [0.3, 0.4) is 0 Å². The van der Waals surface area contributed by atoms with E-state index in [2.05, 4.69) is 21.8 Å². The maximum atomic E-state index is 12.9. The molecule has 0 saturated carbocycles. The summed E-state index contributed by atoms with van der Waals surface area (Å²) in [5.41, 5.74) is 4.20. The van der Waals surface area contributed by atoms with Crippen LogP contribution >= 0.6 is 11.6 Å². The molecule has 1 aliphatic rings. The average Bonchev–Trinajstić information content (AvgIpc) is 3.12. The molecule has 0 radical (unpaired) electrons. The number of aromatic nitrogens is 2. The van der Waals surface area contributed by atoms with Crippen LogP contribution in [-0.4, -0.2) is 33.4 Å². The number of carbonyl (C=O) groups excluding carboxylic acids is 1. The number of halogens is 1. The zero-order valence-corrected chi connectivity index (χ0v) is 17.7. The molecule has 0 aliphatic carbocycles. The number of rotatable bonds is 6. The summed E-state index contributed by atoms with van der Waals surface area (Å²) >= 11 is 6.27. The van der Waals surface area contributed by atoms with Gasteiger partial charge in [-0.15, -0.1) is 0 Å². The smallest absolute Gasteiger partial charge is 0.222 e. The summed E-state index contributed by atoms with van der Waals surface area (Å²) in [6.45, 7) is 3.10. The first kappa shape index (κ1) is 20.0. The number of piperidine rings is 1. The Kier molecular flexibility index (Phi) is 6.19. The number of aromatic amines is 1. The lowest BCUT2D eigenvalue weighted by Gasteiger charge is -2.35. The van der Waals surface area contributed by atoms with E-state index in [0.717, 1.165) is 66.0 Å². The SMILES string of the molecule is CCC1CCCCN1C(=O)CCCc1c(-c2ccccn2)[nH]c2ccc(Cl)cc12. The molecule has 1 atom stereocenters. The largest absolute Gasteiger partial charge is 0.353 e. The van der Waals surface area contributed by atoms with E-state index in [9.17, 15) is 4.79 Å². The van der Waals surface area contributed by atoms with Gasteiger partial charge in [0.15, 0.2) is 0 Å². The molecule has 1 aliphatic heterocycles. The zero-order chi connectivity index (χ0) is 20.2. The van der Waals surface area contributed by atoms with Gasteiger partial charge < -0.3 is 9.88 Å². The molecule has 1 amide bonds. The first-order valence-corrected chi connectivity index (χ1v) is 11.1. The van der Waals surface area contributed by atoms with Gasteiger partial charge in [-0.1, -0.05) is 24.6 Å². The summed E-state index contributed by atoms with van der Waals surface area (Å²) in [4.78, 5) is 23.0. The van der Waals surface area contributed by atoms with Crippen molar-refractivity contribution in [1.82, 2.24) is 14.9 Å². The number of carbonyl (C=O) groups is 1. The minimum atomic E-state index is 0.300. The van der Waals surface area contributed by atoms with Crippen molar-refractivity contribution < 1.29 is 4.79 Å². The van der Waals surface area contributed by atoms with Crippen LogP contribution in [0.1, 0.15) is 51.0 Å². The van der Waals surface area contributed by atoms with Crippen LogP contribution in [-0.2, 0) is 11.2 Å². The first-order chi connectivity index (χ1) is 14.2. The number of aryl methyl sites for hydroxylation is 1. The summed E-state index contributed by atoms with van der Waals surface area (Å²) in [6.07, 6.45) is 8.61. The topological polar surface area (TPSA) is 49.0 Å². The first-order valence-electron chi connectivity index (χ1n) is 10.7. The van der Waals surface area contributed by atoms with Gasteiger partial charge in [0.05, 0.1) is 11.4 Å². The van der Waals surface area contributed by atoms with E-state index >= 15 is 0 Å². The number of pyridine rings is 1. The third kappa shape index (κ3) is 4.32. The molecule has 1 saturated heterocycles. The molecule has 0 bridgehead atoms. The van der Waals surface area contributed by atoms with E-state index in [4.69, 9.17) is 11.6 Å². The van der Waals surface area contributed by atoms with Crippen molar-refractivity contribution in [3.8, 4) is 11.4 Å². The number of nitrogens with zero attached hydrogens (tertiary/aromatic N) is 2. The van der Waals surface area contributed by atoms with E-state index in [0.29, 0.717) is 18.4 Å². The molecule has 4 nitrogen and oxygen atoms in total. The van der Waals surface area contributed by atoms with Gasteiger partial charge in [0.25, 0.3) is 0 Å². The summed E-state index contributed by atoms with van der Waals surface area (Å²) in [7, 11) is 0. The Balaban J connectivity index is 1.54. The molecule has 1 aromatic carbocycles. The second-order valence-electron chi connectivity index (χ2n) is 7.88. The van der Waals surface area contributed by atoms with Crippen LogP contribution in [0.25, 0.3) is 22.3 Å². The third-order valence-corrected chi connectivity index (χ3v) is 6.26. The van der Waals surface area contributed by atoms with Crippen LogP contribution in [0.2, 0.25) is 5.02 Å². The monoisotopic (exact) mass is 409 g/mol. The fourth-order valence-corrected chi connectivity index (χ4v) is 4.69. The number of hydrogen-bond donors (Lipinski definition) is 1. The Bertz CT molecular complexity index is 982. The Hall–Kier alpha value is -2.33. The molecular weight excluding hydrogens is 382 g/mol. The lowest BCUT2D eigenvalue weighted by Crippen LogP contribution is -2.43. The number of hydrogen-bond acceptors (Lipinski definition) is 2. The molecular formula is C24H28ClN3O. The molecule has 1 N–H and O–H groups in total. The van der Waals surface area contributed by atoms with Gasteiger partial charge in [-0.2, -0.15) is 0 Å². The predicted octanol–water partition coefficient (Wildman–Crippen LogP) is 6.00. The highest BCUT2D eigenvalue weighted by molar-refractivity contribution is 6.31. The molecule has 152 valence electrons. The standard InChI is InChI=1S/C24H28ClN3O/c1-2-18-8-4-6-15-28(18)23(29)11-7-9-19-20-16-17(25)12-13-21(20)27-24(19)22-10-3-5-14-26-22/h3,5,10,12-14,16,18,27H,2,4,6-9,11,15H2,1H3. The Morgan fingerprint density at radius 1 is 1.28 bits per heavy atom. The van der Waals surface area contributed by atoms with Gasteiger partial charge in [-0.05, 0) is 74.4 Å². The van der Waals surface area contributed by atoms with Gasteiger partial charge in [-0.25, -0.2) is 0 Å². The van der Waals surface area contributed by atoms with Gasteiger partial charge in [0.2, 0.25) is 5.91 Å². The fraction of sp³-hybridized carbons (Fsp3) is 0.417. The van der Waals surface area contributed by atoms with Crippen LogP contribution in [0.15, 0.2) is 42.6 Å². The van der Waals surface area contributed by atoms with Crippen molar-refractivity contribution in [3.05, 3.63) is 53.2 Å². The van der Waals surface area contributed by atoms with E-state index < -0.39 is 0 Å². The number of benzene rings is 1. The predicted molar refractivity (Wildman–Crippen MR) is 119 cm³/mol. The molecule has 4 rings (SSSR count). The Labute approximate surface area is 177 Å². The fourth-order valence-electron chi connectivity index (χ4n) is 4.52. The minimum Gasteiger partial charge on any atom is -0.353 e. The third-order valence-electron chi connectivity index (χ3n) is 6.03. The maximum Gasteiger partial charge on any atom is 0.222 e. The number of H-pyrrole nitrogens is 1. The molecule has 1 unspecified atom stereocenters. The second-order valence-corrected chi connectivity index (χ2v) is 8.32. The highest BCUT2D eigenvalue weighted by Crippen LogP contribution is 2.32. The van der Waals surface area contributed by atoms with Gasteiger partial charge in [-0.3, -0.25) is 9.78 Å². The van der Waals surface area contributed by atoms with Crippen molar-refractivity contribution in [1.29, 1.82) is 0 Å². The van der Waals surface area contributed by atoms with Crippen LogP contribution in [0.5, 0.6) is 0 Å². The molecule has 2 aromatic heterocycles. The molecule has 3 aromatic rings. The Morgan fingerprint density at radius 2 is 2.17 bits per heavy atom. The highest BCUT2D eigenvalue weighted by atomic mass is 35.5. The molecule has 29 heavy (non-hydrogen) atoms. The lowest BCUT2D eigenvalue weighted by molar-refractivity contribution is -0.135. The minimum absolute atomic E-state index is 0.300. The summed E-state index contributed by atoms with van der Waals surface area (Å²) in [5, 5.41) is 1.84. The van der Waals surface area contributed by atoms with Crippen molar-refractivity contribution in [2.75, 3.05) is 6.54 Å². The second kappa shape index (κ2) is 9.00. The number of fused-ring (bicyclic) bond motifs is 1. The van der Waals surface area contributed by atoms with Crippen LogP contribution in [0.4, 0.5) is 0 Å². The van der Waals surface area contributed by atoms with Crippen molar-refractivity contribution in [3.63, 3.8) is 0 Å². The van der Waals surface area contributed by atoms with Gasteiger partial charge in [0, 0.05) is 41.1 Å². The lowest BCUT2D eigenvalue weighted by atomic mass is 9.98. The van der Waals surface area contributed by atoms with Crippen molar-refractivity contribution in [2.45, 2.75) is 57.9 Å². The van der Waals surface area contributed by atoms with E-state index in [-0.39, 0.29) is 0 Å². The number of nitrogens with one attached hydrogen (secondary N) is 1. The zero-order valence-electron chi connectivity index (χ0n) is 17.0. The van der Waals surface area contributed by atoms with Gasteiger partial charge in [0.1, 0.15) is 0 Å². The summed E-state index contributed by atoms with van der Waals surface area (Å²) < 4.78 is 0. The average molecular weight is 410 g/mol. The molecule has 1 fully saturated rings. The quantitative estimate of drug-likeness (QED) is 0.543. The number of likely N-dealkylation sites (tertiary alicyclic amines) is 1. The molecule has 0 spiro atoms. The highest BCUT2D eigenvalue weighted by Gasteiger charge is 2.25. The van der Waals surface area contributed by atoms with Crippen LogP contribution < -0.4 is 0 Å². The van der Waals surface area contributed by atoms with Crippen molar-refractivity contribution in [2.24, 2.45) is 0 Å². The van der Waals surface area contributed by atoms with E-state index in [1.807, 2.05) is 42.6 Å². The summed E-state index contributed by atoms with van der Waals surface area (Å²) in [5.74, 6) is 0.300.